The molecular weight excluding hydrogens is 206 g/mol. The van der Waals surface area contributed by atoms with Gasteiger partial charge in [0.05, 0.1) is 6.10 Å². The van der Waals surface area contributed by atoms with Gasteiger partial charge in [0.15, 0.2) is 8.32 Å². The van der Waals surface area contributed by atoms with Crippen molar-refractivity contribution in [2.24, 2.45) is 0 Å². The number of carbonyl (C=O) groups excluding carboxylic acids is 1. The second kappa shape index (κ2) is 4.26. The Morgan fingerprint density at radius 2 is 2.00 bits per heavy atom. The summed E-state index contributed by atoms with van der Waals surface area (Å²) in [6, 6.07) is 0. The zero-order valence-corrected chi connectivity index (χ0v) is 11.5. The Morgan fingerprint density at radius 3 is 2.40 bits per heavy atom. The molecule has 0 spiro atoms. The van der Waals surface area contributed by atoms with Crippen LogP contribution in [-0.4, -0.2) is 26.9 Å². The van der Waals surface area contributed by atoms with E-state index in [1.54, 1.807) is 0 Å². The summed E-state index contributed by atoms with van der Waals surface area (Å²) in [5, 5.41) is 3.11. The first-order valence-electron chi connectivity index (χ1n) is 5.67. The Morgan fingerprint density at radius 1 is 1.40 bits per heavy atom. The van der Waals surface area contributed by atoms with E-state index in [0.717, 1.165) is 6.42 Å². The molecule has 88 valence electrons. The first kappa shape index (κ1) is 12.7. The van der Waals surface area contributed by atoms with Gasteiger partial charge in [-0.1, -0.05) is 20.8 Å². The van der Waals surface area contributed by atoms with Crippen molar-refractivity contribution in [1.29, 1.82) is 0 Å². The molecule has 1 heterocycles. The maximum absolute atomic E-state index is 11.0. The summed E-state index contributed by atoms with van der Waals surface area (Å²) in [6.07, 6.45) is 1.71. The van der Waals surface area contributed by atoms with Gasteiger partial charge in [-0.15, -0.1) is 0 Å². The number of rotatable bonds is 2. The van der Waals surface area contributed by atoms with Crippen LogP contribution in [0.4, 0.5) is 0 Å². The Kier molecular flexibility index (Phi) is 3.61. The second-order valence-corrected chi connectivity index (χ2v) is 10.6. The fraction of sp³-hybridized carbons (Fsp3) is 0.909. The van der Waals surface area contributed by atoms with Gasteiger partial charge in [-0.2, -0.15) is 0 Å². The van der Waals surface area contributed by atoms with Crippen molar-refractivity contribution < 1.29 is 9.22 Å². The average molecular weight is 229 g/mol. The molecule has 0 radical (unpaired) electrons. The van der Waals surface area contributed by atoms with E-state index in [1.807, 2.05) is 0 Å². The van der Waals surface area contributed by atoms with Crippen LogP contribution >= 0.6 is 0 Å². The van der Waals surface area contributed by atoms with Gasteiger partial charge < -0.3 is 9.74 Å². The Balaban J connectivity index is 2.51. The van der Waals surface area contributed by atoms with Crippen molar-refractivity contribution in [1.82, 2.24) is 5.32 Å². The minimum atomic E-state index is -1.67. The van der Waals surface area contributed by atoms with Crippen LogP contribution in [0.15, 0.2) is 0 Å². The molecule has 3 nitrogen and oxygen atoms in total. The van der Waals surface area contributed by atoms with E-state index in [2.05, 4.69) is 39.2 Å². The van der Waals surface area contributed by atoms with Gasteiger partial charge in [0.1, 0.15) is 0 Å². The molecule has 1 N–H and O–H groups in total. The van der Waals surface area contributed by atoms with Crippen LogP contribution in [0.3, 0.4) is 0 Å². The number of nitrogens with one attached hydrogen (secondary N) is 1. The van der Waals surface area contributed by atoms with Gasteiger partial charge >= 0.3 is 0 Å². The van der Waals surface area contributed by atoms with Gasteiger partial charge in [0.25, 0.3) is 0 Å². The normalized spacial score (nSPS) is 23.8. The lowest BCUT2D eigenvalue weighted by Crippen LogP contribution is -2.49. The standard InChI is InChI=1S/C11H23NO2Si/c1-11(2,3)15(4,5)14-9-6-7-10(13)12-8-9/h9H,6-8H2,1-5H3,(H,12,13)/t9-/m1/s1. The Hall–Kier alpha value is -0.353. The fourth-order valence-electron chi connectivity index (χ4n) is 1.40. The van der Waals surface area contributed by atoms with Crippen molar-refractivity contribution in [3.63, 3.8) is 0 Å². The van der Waals surface area contributed by atoms with Gasteiger partial charge in [0, 0.05) is 13.0 Å². The van der Waals surface area contributed by atoms with E-state index in [-0.39, 0.29) is 17.0 Å². The number of piperidine rings is 1. The molecular formula is C11H23NO2Si. The lowest BCUT2D eigenvalue weighted by atomic mass is 10.1. The number of hydrogen-bond donors (Lipinski definition) is 1. The largest absolute Gasteiger partial charge is 0.412 e. The SMILES string of the molecule is CC(C)(C)[Si](C)(C)O[C@@H]1CCC(=O)NC1. The zero-order valence-electron chi connectivity index (χ0n) is 10.5. The maximum Gasteiger partial charge on any atom is 0.220 e. The third kappa shape index (κ3) is 3.31. The molecule has 1 fully saturated rings. The predicted molar refractivity (Wildman–Crippen MR) is 64.3 cm³/mol. The predicted octanol–water partition coefficient (Wildman–Crippen LogP) is 2.29. The lowest BCUT2D eigenvalue weighted by molar-refractivity contribution is -0.123. The highest BCUT2D eigenvalue weighted by atomic mass is 28.4. The summed E-state index contributed by atoms with van der Waals surface area (Å²) in [4.78, 5) is 11.0. The first-order chi connectivity index (χ1) is 6.72. The summed E-state index contributed by atoms with van der Waals surface area (Å²) in [5.74, 6) is 0.157. The quantitative estimate of drug-likeness (QED) is 0.738. The number of hydrogen-bond acceptors (Lipinski definition) is 2. The summed E-state index contributed by atoms with van der Waals surface area (Å²) < 4.78 is 6.22. The minimum Gasteiger partial charge on any atom is -0.412 e. The van der Waals surface area contributed by atoms with Crippen molar-refractivity contribution in [2.75, 3.05) is 6.54 Å². The first-order valence-corrected chi connectivity index (χ1v) is 8.58. The van der Waals surface area contributed by atoms with Gasteiger partial charge in [-0.05, 0) is 24.6 Å². The van der Waals surface area contributed by atoms with Crippen LogP contribution in [0.2, 0.25) is 18.1 Å². The van der Waals surface area contributed by atoms with Gasteiger partial charge in [0.2, 0.25) is 5.91 Å². The molecule has 1 amide bonds. The van der Waals surface area contributed by atoms with Crippen LogP contribution in [-0.2, 0) is 9.22 Å². The van der Waals surface area contributed by atoms with E-state index in [1.165, 1.54) is 0 Å². The zero-order chi connectivity index (χ0) is 11.7. The molecule has 0 aromatic heterocycles. The molecule has 1 aliphatic rings. The summed E-state index contributed by atoms with van der Waals surface area (Å²) in [6.45, 7) is 11.9. The van der Waals surface area contributed by atoms with Crippen LogP contribution in [0.1, 0.15) is 33.6 Å². The third-order valence-electron chi connectivity index (χ3n) is 3.49. The molecule has 0 aliphatic carbocycles. The highest BCUT2D eigenvalue weighted by Gasteiger charge is 2.39. The van der Waals surface area contributed by atoms with Gasteiger partial charge in [-0.25, -0.2) is 0 Å². The van der Waals surface area contributed by atoms with Crippen LogP contribution in [0.25, 0.3) is 0 Å². The van der Waals surface area contributed by atoms with E-state index >= 15 is 0 Å². The molecule has 1 rings (SSSR count). The molecule has 15 heavy (non-hydrogen) atoms. The maximum atomic E-state index is 11.0. The van der Waals surface area contributed by atoms with Crippen molar-refractivity contribution >= 4 is 14.2 Å². The topological polar surface area (TPSA) is 38.3 Å². The molecule has 0 aromatic carbocycles. The van der Waals surface area contributed by atoms with Crippen LogP contribution in [0.5, 0.6) is 0 Å². The summed E-state index contributed by atoms with van der Waals surface area (Å²) in [5.41, 5.74) is 0. The van der Waals surface area contributed by atoms with E-state index in [0.29, 0.717) is 13.0 Å². The molecule has 1 atom stereocenters. The molecule has 0 unspecified atom stereocenters. The van der Waals surface area contributed by atoms with Crippen LogP contribution in [0, 0.1) is 0 Å². The number of amides is 1. The number of carbonyl (C=O) groups is 1. The molecule has 1 aliphatic heterocycles. The van der Waals surface area contributed by atoms with Crippen molar-refractivity contribution in [3.8, 4) is 0 Å². The molecule has 0 aromatic rings. The summed E-state index contributed by atoms with van der Waals surface area (Å²) >= 11 is 0. The van der Waals surface area contributed by atoms with Crippen molar-refractivity contribution in [2.45, 2.75) is 57.8 Å². The Bertz CT molecular complexity index is 235. The monoisotopic (exact) mass is 229 g/mol. The minimum absolute atomic E-state index is 0.157. The fourth-order valence-corrected chi connectivity index (χ4v) is 2.79. The lowest BCUT2D eigenvalue weighted by Gasteiger charge is -2.40. The van der Waals surface area contributed by atoms with E-state index < -0.39 is 8.32 Å². The third-order valence-corrected chi connectivity index (χ3v) is 8.02. The second-order valence-electron chi connectivity index (χ2n) is 5.84. The van der Waals surface area contributed by atoms with Crippen molar-refractivity contribution in [3.05, 3.63) is 0 Å². The highest BCUT2D eigenvalue weighted by molar-refractivity contribution is 6.74. The molecule has 1 saturated heterocycles. The van der Waals surface area contributed by atoms with E-state index in [4.69, 9.17) is 4.43 Å². The summed E-state index contributed by atoms with van der Waals surface area (Å²) in [7, 11) is -1.67. The molecule has 0 saturated carbocycles. The average Bonchev–Trinajstić information content (AvgIpc) is 2.06. The van der Waals surface area contributed by atoms with Gasteiger partial charge in [-0.3, -0.25) is 4.79 Å². The highest BCUT2D eigenvalue weighted by Crippen LogP contribution is 2.37. The smallest absolute Gasteiger partial charge is 0.220 e. The molecule has 4 heteroatoms. The Labute approximate surface area is 93.7 Å². The molecule has 0 bridgehead atoms. The van der Waals surface area contributed by atoms with E-state index in [9.17, 15) is 4.79 Å². The van der Waals surface area contributed by atoms with Crippen LogP contribution < -0.4 is 5.32 Å².